The number of nitrogens with one attached hydrogen (secondary N) is 1. The van der Waals surface area contributed by atoms with E-state index in [-0.39, 0.29) is 24.3 Å². The van der Waals surface area contributed by atoms with E-state index in [2.05, 4.69) is 16.4 Å². The van der Waals surface area contributed by atoms with Crippen LogP contribution in [0.3, 0.4) is 0 Å². The van der Waals surface area contributed by atoms with Crippen molar-refractivity contribution < 1.29 is 19.4 Å². The summed E-state index contributed by atoms with van der Waals surface area (Å²) in [4.78, 5) is 34.8. The minimum absolute atomic E-state index is 0.0622. The lowest BCUT2D eigenvalue weighted by Gasteiger charge is -2.30. The van der Waals surface area contributed by atoms with Crippen molar-refractivity contribution in [2.45, 2.75) is 37.8 Å². The smallest absolute Gasteiger partial charge is 0.407 e. The molecule has 0 aliphatic carbocycles. The van der Waals surface area contributed by atoms with Crippen LogP contribution in [0, 0.1) is 11.3 Å². The largest absolute Gasteiger partial charge is 0.465 e. The van der Waals surface area contributed by atoms with E-state index in [0.29, 0.717) is 37.6 Å². The Morgan fingerprint density at radius 3 is 2.97 bits per heavy atom. The molecular weight excluding hydrogens is 446 g/mol. The summed E-state index contributed by atoms with van der Waals surface area (Å²) >= 11 is 0. The van der Waals surface area contributed by atoms with E-state index in [1.165, 1.54) is 4.90 Å². The Labute approximate surface area is 202 Å². The minimum Gasteiger partial charge on any atom is -0.465 e. The Hall–Kier alpha value is -4.03. The molecule has 2 unspecified atom stereocenters. The van der Waals surface area contributed by atoms with Crippen molar-refractivity contribution in [3.63, 3.8) is 0 Å². The molecule has 2 aliphatic heterocycles. The number of carboxylic acid groups (broad SMARTS) is 1. The van der Waals surface area contributed by atoms with Crippen molar-refractivity contribution in [3.8, 4) is 6.07 Å². The van der Waals surface area contributed by atoms with Gasteiger partial charge in [0.15, 0.2) is 0 Å². The number of pyridine rings is 2. The summed E-state index contributed by atoms with van der Waals surface area (Å²) in [6, 6.07) is 13.3. The fraction of sp³-hybridized carbons (Fsp3) is 0.346. The average Bonchev–Trinajstić information content (AvgIpc) is 2.90. The quantitative estimate of drug-likeness (QED) is 0.595. The van der Waals surface area contributed by atoms with Gasteiger partial charge in [-0.25, -0.2) is 4.79 Å². The molecule has 2 atom stereocenters. The highest BCUT2D eigenvalue weighted by Crippen LogP contribution is 2.28. The van der Waals surface area contributed by atoms with Crippen molar-refractivity contribution in [2.24, 2.45) is 0 Å². The average molecular weight is 472 g/mol. The van der Waals surface area contributed by atoms with Crippen LogP contribution in [0.2, 0.25) is 0 Å². The zero-order chi connectivity index (χ0) is 24.4. The lowest BCUT2D eigenvalue weighted by Crippen LogP contribution is -2.38. The molecule has 1 aromatic carbocycles. The maximum absolute atomic E-state index is 12.8. The molecule has 1 saturated heterocycles. The highest BCUT2D eigenvalue weighted by atomic mass is 16.5. The van der Waals surface area contributed by atoms with Crippen LogP contribution in [0.1, 0.15) is 57.6 Å². The van der Waals surface area contributed by atoms with Crippen molar-refractivity contribution in [1.29, 1.82) is 5.26 Å². The predicted molar refractivity (Wildman–Crippen MR) is 127 cm³/mol. The first-order valence-corrected chi connectivity index (χ1v) is 11.6. The summed E-state index contributed by atoms with van der Waals surface area (Å²) < 4.78 is 5.44. The number of hydrogen-bond acceptors (Lipinski definition) is 6. The third-order valence-corrected chi connectivity index (χ3v) is 6.67. The Bertz CT molecular complexity index is 1340. The number of carbonyl (C=O) groups is 2. The number of rotatable bonds is 4. The summed E-state index contributed by atoms with van der Waals surface area (Å²) in [6.45, 7) is 2.02. The van der Waals surface area contributed by atoms with Gasteiger partial charge in [0, 0.05) is 41.8 Å². The molecule has 4 heterocycles. The number of likely N-dealkylation sites (tertiary alicyclic amines) is 1. The van der Waals surface area contributed by atoms with Gasteiger partial charge in [-0.1, -0.05) is 6.07 Å². The van der Waals surface area contributed by atoms with Gasteiger partial charge in [-0.05, 0) is 54.3 Å². The number of carbonyl (C=O) groups excluding carboxylic acids is 1. The number of aromatic nitrogens is 2. The fourth-order valence-corrected chi connectivity index (χ4v) is 4.74. The zero-order valence-corrected chi connectivity index (χ0v) is 19.1. The lowest BCUT2D eigenvalue weighted by molar-refractivity contribution is 0.0945. The van der Waals surface area contributed by atoms with Crippen LogP contribution in [-0.2, 0) is 17.9 Å². The third kappa shape index (κ3) is 4.79. The number of fused-ring (bicyclic) bond motifs is 2. The number of nitriles is 1. The van der Waals surface area contributed by atoms with E-state index in [9.17, 15) is 20.0 Å². The van der Waals surface area contributed by atoms with E-state index in [1.807, 2.05) is 24.3 Å². The van der Waals surface area contributed by atoms with E-state index >= 15 is 0 Å². The highest BCUT2D eigenvalue weighted by molar-refractivity contribution is 5.94. The molecule has 0 bridgehead atoms. The van der Waals surface area contributed by atoms with Crippen LogP contribution in [-0.4, -0.2) is 51.7 Å². The molecule has 5 rings (SSSR count). The standard InChI is InChI=1S/C26H25N5O4/c27-10-20-15-35-14-19-4-3-16(8-22(19)20)25(32)29-12-21-9-24-17(11-28-21)5-6-23(30-24)18-2-1-7-31(13-18)26(33)34/h3-6,8-9,11,18,20H,1-2,7,12-15H2,(H,29,32)(H,33,34). The molecule has 35 heavy (non-hydrogen) atoms. The zero-order valence-electron chi connectivity index (χ0n) is 19.1. The summed E-state index contributed by atoms with van der Waals surface area (Å²) in [5.41, 5.74) is 4.58. The maximum atomic E-state index is 12.8. The molecule has 9 heteroatoms. The van der Waals surface area contributed by atoms with Crippen LogP contribution < -0.4 is 5.32 Å². The van der Waals surface area contributed by atoms with Crippen LogP contribution >= 0.6 is 0 Å². The molecule has 2 amide bonds. The van der Waals surface area contributed by atoms with Gasteiger partial charge in [0.2, 0.25) is 0 Å². The number of piperidine rings is 1. The highest BCUT2D eigenvalue weighted by Gasteiger charge is 2.25. The normalized spacial score (nSPS) is 19.6. The van der Waals surface area contributed by atoms with Gasteiger partial charge in [-0.15, -0.1) is 0 Å². The molecule has 3 aromatic rings. The molecule has 0 saturated carbocycles. The number of hydrogen-bond donors (Lipinski definition) is 2. The molecule has 0 spiro atoms. The molecule has 2 aromatic heterocycles. The Kier molecular flexibility index (Phi) is 6.29. The third-order valence-electron chi connectivity index (χ3n) is 6.67. The SMILES string of the molecule is N#CC1COCc2ccc(C(=O)NCc3cc4nc(C5CCCN(C(=O)O)C5)ccc4cn3)cc21. The van der Waals surface area contributed by atoms with E-state index in [1.54, 1.807) is 18.3 Å². The first-order chi connectivity index (χ1) is 17.0. The first-order valence-electron chi connectivity index (χ1n) is 11.6. The fourth-order valence-electron chi connectivity index (χ4n) is 4.74. The summed E-state index contributed by atoms with van der Waals surface area (Å²) in [5.74, 6) is -0.552. The molecule has 2 aliphatic rings. The van der Waals surface area contributed by atoms with E-state index in [0.717, 1.165) is 40.6 Å². The topological polar surface area (TPSA) is 128 Å². The molecule has 2 N–H and O–H groups in total. The van der Waals surface area contributed by atoms with Gasteiger partial charge < -0.3 is 20.1 Å². The second-order valence-electron chi connectivity index (χ2n) is 8.97. The van der Waals surface area contributed by atoms with Gasteiger partial charge >= 0.3 is 6.09 Å². The molecule has 9 nitrogen and oxygen atoms in total. The second-order valence-corrected chi connectivity index (χ2v) is 8.97. The first kappa shape index (κ1) is 22.7. The minimum atomic E-state index is -0.895. The van der Waals surface area contributed by atoms with Crippen LogP contribution in [0.25, 0.3) is 10.9 Å². The van der Waals surface area contributed by atoms with Gasteiger partial charge in [0.25, 0.3) is 5.91 Å². The molecule has 0 radical (unpaired) electrons. The summed E-state index contributed by atoms with van der Waals surface area (Å²) in [7, 11) is 0. The Balaban J connectivity index is 1.29. The molecule has 1 fully saturated rings. The van der Waals surface area contributed by atoms with Crippen LogP contribution in [0.15, 0.2) is 42.6 Å². The monoisotopic (exact) mass is 471 g/mol. The summed E-state index contributed by atoms with van der Waals surface area (Å²) in [6.07, 6.45) is 2.55. The number of nitrogens with zero attached hydrogens (tertiary/aromatic N) is 4. The maximum Gasteiger partial charge on any atom is 0.407 e. The van der Waals surface area contributed by atoms with Crippen LogP contribution in [0.4, 0.5) is 4.79 Å². The second kappa shape index (κ2) is 9.68. The van der Waals surface area contributed by atoms with Crippen molar-refractivity contribution in [1.82, 2.24) is 20.2 Å². The van der Waals surface area contributed by atoms with Gasteiger partial charge in [0.05, 0.1) is 43.0 Å². The van der Waals surface area contributed by atoms with E-state index in [4.69, 9.17) is 9.72 Å². The van der Waals surface area contributed by atoms with Gasteiger partial charge in [0.1, 0.15) is 0 Å². The number of amides is 2. The van der Waals surface area contributed by atoms with Crippen LogP contribution in [0.5, 0.6) is 0 Å². The van der Waals surface area contributed by atoms with Crippen molar-refractivity contribution in [3.05, 3.63) is 70.7 Å². The Morgan fingerprint density at radius 2 is 2.14 bits per heavy atom. The molecular formula is C26H25N5O4. The van der Waals surface area contributed by atoms with E-state index < -0.39 is 6.09 Å². The predicted octanol–water partition coefficient (Wildman–Crippen LogP) is 3.55. The Morgan fingerprint density at radius 1 is 1.26 bits per heavy atom. The van der Waals surface area contributed by atoms with Crippen molar-refractivity contribution in [2.75, 3.05) is 19.7 Å². The number of ether oxygens (including phenoxy) is 1. The van der Waals surface area contributed by atoms with Gasteiger partial charge in [-0.3, -0.25) is 14.8 Å². The number of benzene rings is 1. The lowest BCUT2D eigenvalue weighted by atomic mass is 9.92. The van der Waals surface area contributed by atoms with Gasteiger partial charge in [-0.2, -0.15) is 5.26 Å². The summed E-state index contributed by atoms with van der Waals surface area (Å²) in [5, 5.41) is 22.5. The van der Waals surface area contributed by atoms with Crippen molar-refractivity contribution >= 4 is 22.9 Å². The molecule has 178 valence electrons.